The molecule has 0 N–H and O–H groups in total. The second kappa shape index (κ2) is 16.3. The van der Waals surface area contributed by atoms with Crippen LogP contribution >= 0.6 is 11.6 Å². The molecular weight excluding hydrogens is 556 g/mol. The highest BCUT2D eigenvalue weighted by Gasteiger charge is 2.22. The van der Waals surface area contributed by atoms with Crippen molar-refractivity contribution in [1.29, 1.82) is 0 Å². The Hall–Kier alpha value is -3.42. The number of hydrogen-bond acceptors (Lipinski definition) is 4. The van der Waals surface area contributed by atoms with Crippen molar-refractivity contribution in [2.75, 3.05) is 19.0 Å². The summed E-state index contributed by atoms with van der Waals surface area (Å²) < 4.78 is 38.0. The second-order valence-corrected chi connectivity index (χ2v) is 10.6. The number of ether oxygens (including phenoxy) is 2. The number of hydrogen-bond donors (Lipinski definition) is 0. The third-order valence-electron chi connectivity index (χ3n) is 7.07. The number of benzene rings is 3. The van der Waals surface area contributed by atoms with E-state index in [2.05, 4.69) is 52.3 Å². The average molecular weight is 596 g/mol. The summed E-state index contributed by atoms with van der Waals surface area (Å²) in [4.78, 5) is 7.68. The maximum Gasteiger partial charge on any atom is 0.387 e. The standard InChI is InChI=1S/C34H40ClF2N3O2/c1-3-5-21-39(24-26-12-16-30(17-13-26)42-34(36)37)25-31-32(27-14-18-29(19-15-27)41-23-20-35)38-33(40(31)22-6-4-2)28-10-8-7-9-11-28/h7-19,34H,3-6,20-25H2,1-2H3. The van der Waals surface area contributed by atoms with Crippen molar-refractivity contribution in [3.63, 3.8) is 0 Å². The smallest absolute Gasteiger partial charge is 0.387 e. The van der Waals surface area contributed by atoms with Crippen LogP contribution in [0.25, 0.3) is 22.6 Å². The van der Waals surface area contributed by atoms with Crippen LogP contribution in [0.4, 0.5) is 8.78 Å². The molecule has 0 unspecified atom stereocenters. The van der Waals surface area contributed by atoms with E-state index in [9.17, 15) is 8.78 Å². The summed E-state index contributed by atoms with van der Waals surface area (Å²) >= 11 is 5.81. The van der Waals surface area contributed by atoms with Gasteiger partial charge in [0.15, 0.2) is 0 Å². The summed E-state index contributed by atoms with van der Waals surface area (Å²) in [5.41, 5.74) is 5.26. The highest BCUT2D eigenvalue weighted by atomic mass is 35.5. The van der Waals surface area contributed by atoms with Gasteiger partial charge in [-0.25, -0.2) is 4.98 Å². The molecule has 4 aromatic rings. The lowest BCUT2D eigenvalue weighted by molar-refractivity contribution is -0.0498. The molecule has 0 atom stereocenters. The van der Waals surface area contributed by atoms with Gasteiger partial charge >= 0.3 is 6.61 Å². The lowest BCUT2D eigenvalue weighted by Crippen LogP contribution is -2.26. The van der Waals surface area contributed by atoms with Crippen LogP contribution in [0.15, 0.2) is 78.9 Å². The molecule has 3 aromatic carbocycles. The highest BCUT2D eigenvalue weighted by Crippen LogP contribution is 2.32. The van der Waals surface area contributed by atoms with Crippen LogP contribution in [0.5, 0.6) is 11.5 Å². The van der Waals surface area contributed by atoms with Crippen molar-refractivity contribution in [3.8, 4) is 34.1 Å². The molecular formula is C34H40ClF2N3O2. The first-order valence-electron chi connectivity index (χ1n) is 14.7. The fourth-order valence-electron chi connectivity index (χ4n) is 4.95. The Bertz CT molecular complexity index is 1350. The van der Waals surface area contributed by atoms with E-state index in [1.807, 2.05) is 42.5 Å². The third kappa shape index (κ3) is 8.79. The van der Waals surface area contributed by atoms with E-state index >= 15 is 0 Å². The molecule has 1 aromatic heterocycles. The van der Waals surface area contributed by atoms with Crippen LogP contribution in [0.3, 0.4) is 0 Å². The Morgan fingerprint density at radius 1 is 0.833 bits per heavy atom. The van der Waals surface area contributed by atoms with E-state index in [1.54, 1.807) is 12.1 Å². The third-order valence-corrected chi connectivity index (χ3v) is 7.22. The largest absolute Gasteiger partial charge is 0.492 e. The minimum absolute atomic E-state index is 0.166. The molecule has 0 aliphatic carbocycles. The number of unbranched alkanes of at least 4 members (excludes halogenated alkanes) is 2. The molecule has 0 spiro atoms. The average Bonchev–Trinajstić information content (AvgIpc) is 3.36. The molecule has 0 radical (unpaired) electrons. The van der Waals surface area contributed by atoms with Crippen molar-refractivity contribution in [1.82, 2.24) is 14.5 Å². The van der Waals surface area contributed by atoms with Gasteiger partial charge in [0.05, 0.1) is 17.3 Å². The summed E-state index contributed by atoms with van der Waals surface area (Å²) in [5, 5.41) is 0. The van der Waals surface area contributed by atoms with Crippen LogP contribution in [0, 0.1) is 0 Å². The number of alkyl halides is 3. The molecule has 42 heavy (non-hydrogen) atoms. The molecule has 4 rings (SSSR count). The van der Waals surface area contributed by atoms with Crippen molar-refractivity contribution in [2.24, 2.45) is 0 Å². The number of rotatable bonds is 17. The van der Waals surface area contributed by atoms with Gasteiger partial charge in [-0.2, -0.15) is 8.78 Å². The quantitative estimate of drug-likeness (QED) is 0.114. The fraction of sp³-hybridized carbons (Fsp3) is 0.382. The predicted octanol–water partition coefficient (Wildman–Crippen LogP) is 9.04. The van der Waals surface area contributed by atoms with E-state index in [0.29, 0.717) is 25.6 Å². The molecule has 0 aliphatic rings. The molecule has 0 aliphatic heterocycles. The van der Waals surface area contributed by atoms with Gasteiger partial charge in [-0.05, 0) is 61.3 Å². The minimum Gasteiger partial charge on any atom is -0.492 e. The van der Waals surface area contributed by atoms with E-state index in [4.69, 9.17) is 21.3 Å². The lowest BCUT2D eigenvalue weighted by Gasteiger charge is -2.24. The zero-order chi connectivity index (χ0) is 29.7. The predicted molar refractivity (Wildman–Crippen MR) is 166 cm³/mol. The lowest BCUT2D eigenvalue weighted by atomic mass is 10.1. The molecule has 0 bridgehead atoms. The van der Waals surface area contributed by atoms with Gasteiger partial charge in [0.25, 0.3) is 0 Å². The molecule has 8 heteroatoms. The summed E-state index contributed by atoms with van der Waals surface area (Å²) in [7, 11) is 0. The molecule has 1 heterocycles. The molecule has 0 amide bonds. The van der Waals surface area contributed by atoms with Gasteiger partial charge in [0, 0.05) is 30.8 Å². The van der Waals surface area contributed by atoms with Crippen molar-refractivity contribution < 1.29 is 18.3 Å². The first-order valence-corrected chi connectivity index (χ1v) is 15.3. The summed E-state index contributed by atoms with van der Waals surface area (Å²) in [6.45, 7) is 5.15. The van der Waals surface area contributed by atoms with E-state index in [-0.39, 0.29) is 5.75 Å². The first kappa shape index (κ1) is 31.5. The SMILES string of the molecule is CCCCN(Cc1ccc(OC(F)F)cc1)Cc1c(-c2ccc(OCCCl)cc2)nc(-c2ccccc2)n1CCCC. The van der Waals surface area contributed by atoms with Gasteiger partial charge in [-0.1, -0.05) is 69.2 Å². The number of halogens is 3. The Kier molecular flexibility index (Phi) is 12.2. The van der Waals surface area contributed by atoms with Crippen molar-refractivity contribution in [2.45, 2.75) is 65.8 Å². The molecule has 0 saturated carbocycles. The van der Waals surface area contributed by atoms with Crippen LogP contribution in [0.1, 0.15) is 50.8 Å². The highest BCUT2D eigenvalue weighted by molar-refractivity contribution is 6.18. The molecule has 0 saturated heterocycles. The number of nitrogens with zero attached hydrogens (tertiary/aromatic N) is 3. The first-order chi connectivity index (χ1) is 20.5. The maximum atomic E-state index is 12.7. The number of aromatic nitrogens is 2. The normalized spacial score (nSPS) is 11.4. The van der Waals surface area contributed by atoms with E-state index < -0.39 is 6.61 Å². The van der Waals surface area contributed by atoms with Gasteiger partial charge in [-0.3, -0.25) is 4.90 Å². The Morgan fingerprint density at radius 2 is 1.52 bits per heavy atom. The molecule has 224 valence electrons. The summed E-state index contributed by atoms with van der Waals surface area (Å²) in [6, 6.07) is 25.3. The van der Waals surface area contributed by atoms with Gasteiger partial charge in [0.1, 0.15) is 23.9 Å². The maximum absolute atomic E-state index is 12.7. The Labute approximate surface area is 253 Å². The Morgan fingerprint density at radius 3 is 2.17 bits per heavy atom. The van der Waals surface area contributed by atoms with E-state index in [0.717, 1.165) is 78.4 Å². The second-order valence-electron chi connectivity index (χ2n) is 10.3. The van der Waals surface area contributed by atoms with Gasteiger partial charge < -0.3 is 14.0 Å². The van der Waals surface area contributed by atoms with E-state index in [1.165, 1.54) is 0 Å². The fourth-order valence-corrected chi connectivity index (χ4v) is 5.03. The zero-order valence-corrected chi connectivity index (χ0v) is 25.2. The number of imidazole rings is 1. The van der Waals surface area contributed by atoms with Gasteiger partial charge in [0.2, 0.25) is 0 Å². The molecule has 5 nitrogen and oxygen atoms in total. The van der Waals surface area contributed by atoms with Crippen LogP contribution in [-0.4, -0.2) is 40.1 Å². The van der Waals surface area contributed by atoms with Crippen molar-refractivity contribution in [3.05, 3.63) is 90.1 Å². The summed E-state index contributed by atoms with van der Waals surface area (Å²) in [5.74, 6) is 2.34. The van der Waals surface area contributed by atoms with Gasteiger partial charge in [-0.15, -0.1) is 11.6 Å². The molecule has 0 fully saturated rings. The summed E-state index contributed by atoms with van der Waals surface area (Å²) in [6.07, 6.45) is 4.22. The topological polar surface area (TPSA) is 39.5 Å². The Balaban J connectivity index is 1.74. The van der Waals surface area contributed by atoms with Crippen molar-refractivity contribution >= 4 is 11.6 Å². The zero-order valence-electron chi connectivity index (χ0n) is 24.4. The minimum atomic E-state index is -2.83. The monoisotopic (exact) mass is 595 g/mol. The van der Waals surface area contributed by atoms with Crippen LogP contribution in [0.2, 0.25) is 0 Å². The van der Waals surface area contributed by atoms with Crippen LogP contribution in [-0.2, 0) is 19.6 Å². The van der Waals surface area contributed by atoms with Crippen LogP contribution < -0.4 is 9.47 Å².